The molecule has 1 aliphatic carbocycles. The average Bonchev–Trinajstić information content (AvgIpc) is 3.18. The van der Waals surface area contributed by atoms with Crippen LogP contribution in [0.2, 0.25) is 0 Å². The summed E-state index contributed by atoms with van der Waals surface area (Å²) < 4.78 is 62.3. The summed E-state index contributed by atoms with van der Waals surface area (Å²) in [5, 5.41) is 0. The minimum atomic E-state index is -4.11. The van der Waals surface area contributed by atoms with E-state index in [1.807, 2.05) is 0 Å². The second kappa shape index (κ2) is 5.68. The largest absolute Gasteiger partial charge is 0.261 e. The summed E-state index contributed by atoms with van der Waals surface area (Å²) in [5.74, 6) is -1.15. The van der Waals surface area contributed by atoms with Crippen LogP contribution in [-0.2, 0) is 19.1 Å². The molecule has 116 valence electrons. The molecule has 1 aromatic carbocycles. The second-order valence-corrected chi connectivity index (χ2v) is 9.05. The SMILES string of the molecule is C=CCN(C1CC1)S(=O)(=O)c1ccc(S(=O)(=O)Cl)cc1F. The quantitative estimate of drug-likeness (QED) is 0.580. The van der Waals surface area contributed by atoms with Gasteiger partial charge in [-0.15, -0.1) is 6.58 Å². The Morgan fingerprint density at radius 3 is 2.38 bits per heavy atom. The van der Waals surface area contributed by atoms with Gasteiger partial charge in [-0.1, -0.05) is 6.08 Å². The zero-order valence-corrected chi connectivity index (χ0v) is 13.3. The first-order valence-corrected chi connectivity index (χ1v) is 9.80. The van der Waals surface area contributed by atoms with Gasteiger partial charge in [-0.05, 0) is 31.0 Å². The molecule has 0 bridgehead atoms. The summed E-state index contributed by atoms with van der Waals surface area (Å²) in [6.45, 7) is 3.56. The first-order chi connectivity index (χ1) is 9.67. The first kappa shape index (κ1) is 16.4. The van der Waals surface area contributed by atoms with Crippen LogP contribution in [0.3, 0.4) is 0 Å². The third kappa shape index (κ3) is 3.45. The Balaban J connectivity index is 2.47. The van der Waals surface area contributed by atoms with E-state index < -0.39 is 34.7 Å². The molecule has 0 spiro atoms. The summed E-state index contributed by atoms with van der Waals surface area (Å²) in [7, 11) is -3.06. The highest BCUT2D eigenvalue weighted by atomic mass is 35.7. The highest BCUT2D eigenvalue weighted by Crippen LogP contribution is 2.33. The molecule has 0 aromatic heterocycles. The lowest BCUT2D eigenvalue weighted by Gasteiger charge is -2.20. The van der Waals surface area contributed by atoms with Crippen molar-refractivity contribution in [2.75, 3.05) is 6.54 Å². The van der Waals surface area contributed by atoms with Crippen molar-refractivity contribution in [1.82, 2.24) is 4.31 Å². The van der Waals surface area contributed by atoms with Gasteiger partial charge >= 0.3 is 0 Å². The topological polar surface area (TPSA) is 71.5 Å². The molecule has 0 unspecified atom stereocenters. The molecule has 1 saturated carbocycles. The maximum atomic E-state index is 14.0. The normalized spacial score (nSPS) is 16.1. The van der Waals surface area contributed by atoms with E-state index in [1.54, 1.807) is 0 Å². The molecule has 1 aliphatic rings. The molecule has 2 rings (SSSR count). The van der Waals surface area contributed by atoms with E-state index in [1.165, 1.54) is 6.08 Å². The highest BCUT2D eigenvalue weighted by Gasteiger charge is 2.38. The van der Waals surface area contributed by atoms with Crippen LogP contribution < -0.4 is 0 Å². The minimum Gasteiger partial charge on any atom is -0.207 e. The van der Waals surface area contributed by atoms with E-state index in [0.29, 0.717) is 18.9 Å². The molecule has 0 aliphatic heterocycles. The van der Waals surface area contributed by atoms with Crippen molar-refractivity contribution >= 4 is 29.8 Å². The molecule has 0 heterocycles. The van der Waals surface area contributed by atoms with E-state index in [2.05, 4.69) is 6.58 Å². The fourth-order valence-electron chi connectivity index (χ4n) is 1.90. The van der Waals surface area contributed by atoms with Gasteiger partial charge in [0.05, 0.1) is 4.90 Å². The lowest BCUT2D eigenvalue weighted by atomic mass is 10.3. The number of benzene rings is 1. The molecule has 0 saturated heterocycles. The van der Waals surface area contributed by atoms with Crippen molar-refractivity contribution in [2.24, 2.45) is 0 Å². The maximum absolute atomic E-state index is 14.0. The monoisotopic (exact) mass is 353 g/mol. The molecule has 9 heteroatoms. The van der Waals surface area contributed by atoms with Crippen LogP contribution in [0, 0.1) is 5.82 Å². The average molecular weight is 354 g/mol. The van der Waals surface area contributed by atoms with Crippen LogP contribution in [-0.4, -0.2) is 33.7 Å². The maximum Gasteiger partial charge on any atom is 0.261 e. The van der Waals surface area contributed by atoms with Crippen molar-refractivity contribution in [3.8, 4) is 0 Å². The standard InChI is InChI=1S/C12H13ClFNO4S2/c1-2-7-15(9-3-4-9)21(18,19)12-6-5-10(8-11(12)14)20(13,16)17/h2,5-6,8-9H,1,3-4,7H2. The van der Waals surface area contributed by atoms with Crippen LogP contribution in [0.25, 0.3) is 0 Å². The summed E-state index contributed by atoms with van der Waals surface area (Å²) in [4.78, 5) is -1.05. The van der Waals surface area contributed by atoms with E-state index in [-0.39, 0.29) is 12.6 Å². The van der Waals surface area contributed by atoms with Crippen LogP contribution in [0.4, 0.5) is 4.39 Å². The van der Waals surface area contributed by atoms with Gasteiger partial charge in [0.25, 0.3) is 9.05 Å². The van der Waals surface area contributed by atoms with Gasteiger partial charge in [-0.25, -0.2) is 21.2 Å². The van der Waals surface area contributed by atoms with Crippen molar-refractivity contribution in [3.05, 3.63) is 36.7 Å². The molecular formula is C12H13ClFNO4S2. The van der Waals surface area contributed by atoms with Gasteiger partial charge in [-0.3, -0.25) is 0 Å². The van der Waals surface area contributed by atoms with Gasteiger partial charge in [-0.2, -0.15) is 4.31 Å². The first-order valence-electron chi connectivity index (χ1n) is 6.05. The minimum absolute atomic E-state index is 0.0714. The number of hydrogen-bond donors (Lipinski definition) is 0. The molecule has 0 radical (unpaired) electrons. The Kier molecular flexibility index (Phi) is 4.44. The van der Waals surface area contributed by atoms with E-state index in [9.17, 15) is 21.2 Å². The van der Waals surface area contributed by atoms with Crippen molar-refractivity contribution < 1.29 is 21.2 Å². The number of nitrogens with zero attached hydrogens (tertiary/aromatic N) is 1. The zero-order valence-electron chi connectivity index (χ0n) is 10.9. The summed E-state index contributed by atoms with van der Waals surface area (Å²) >= 11 is 0. The third-order valence-electron chi connectivity index (χ3n) is 3.03. The number of halogens is 2. The molecule has 1 fully saturated rings. The molecular weight excluding hydrogens is 341 g/mol. The lowest BCUT2D eigenvalue weighted by Crippen LogP contribution is -2.33. The van der Waals surface area contributed by atoms with Gasteiger partial charge < -0.3 is 0 Å². The molecule has 1 aromatic rings. The van der Waals surface area contributed by atoms with E-state index in [0.717, 1.165) is 16.4 Å². The van der Waals surface area contributed by atoms with Crippen LogP contribution in [0.5, 0.6) is 0 Å². The van der Waals surface area contributed by atoms with Crippen molar-refractivity contribution in [3.63, 3.8) is 0 Å². The van der Waals surface area contributed by atoms with Crippen molar-refractivity contribution in [1.29, 1.82) is 0 Å². The van der Waals surface area contributed by atoms with Crippen LogP contribution in [0.15, 0.2) is 40.6 Å². The zero-order chi connectivity index (χ0) is 15.8. The molecule has 0 atom stereocenters. The Morgan fingerprint density at radius 2 is 1.95 bits per heavy atom. The highest BCUT2D eigenvalue weighted by molar-refractivity contribution is 8.13. The predicted octanol–water partition coefficient (Wildman–Crippen LogP) is 2.09. The van der Waals surface area contributed by atoms with Gasteiger partial charge in [0, 0.05) is 23.3 Å². The molecule has 0 amide bonds. The molecule has 21 heavy (non-hydrogen) atoms. The third-order valence-corrected chi connectivity index (χ3v) is 6.34. The second-order valence-electron chi connectivity index (χ2n) is 4.62. The number of sulfonamides is 1. The van der Waals surface area contributed by atoms with E-state index >= 15 is 0 Å². The predicted molar refractivity (Wildman–Crippen MR) is 76.5 cm³/mol. The molecule has 5 nitrogen and oxygen atoms in total. The fourth-order valence-corrected chi connectivity index (χ4v) is 4.37. The Bertz CT molecular complexity index is 772. The number of hydrogen-bond acceptors (Lipinski definition) is 4. The Labute approximate surface area is 127 Å². The Hall–Kier alpha value is -0.960. The van der Waals surface area contributed by atoms with Crippen LogP contribution in [0.1, 0.15) is 12.8 Å². The molecule has 0 N–H and O–H groups in total. The smallest absolute Gasteiger partial charge is 0.207 e. The van der Waals surface area contributed by atoms with Gasteiger partial charge in [0.1, 0.15) is 10.7 Å². The van der Waals surface area contributed by atoms with Crippen LogP contribution >= 0.6 is 10.7 Å². The van der Waals surface area contributed by atoms with Gasteiger partial charge in [0.2, 0.25) is 10.0 Å². The number of rotatable bonds is 6. The van der Waals surface area contributed by atoms with Gasteiger partial charge in [0.15, 0.2) is 0 Å². The summed E-state index contributed by atoms with van der Waals surface area (Å²) in [6.07, 6.45) is 2.84. The lowest BCUT2D eigenvalue weighted by molar-refractivity contribution is 0.431. The summed E-state index contributed by atoms with van der Waals surface area (Å²) in [6, 6.07) is 2.33. The van der Waals surface area contributed by atoms with E-state index in [4.69, 9.17) is 10.7 Å². The van der Waals surface area contributed by atoms with Crippen molar-refractivity contribution in [2.45, 2.75) is 28.7 Å². The summed E-state index contributed by atoms with van der Waals surface area (Å²) in [5.41, 5.74) is 0. The fraction of sp³-hybridized carbons (Fsp3) is 0.333. The Morgan fingerprint density at radius 1 is 1.33 bits per heavy atom.